The van der Waals surface area contributed by atoms with Crippen molar-refractivity contribution in [3.63, 3.8) is 0 Å². The minimum absolute atomic E-state index is 0.141. The maximum absolute atomic E-state index is 13.3. The van der Waals surface area contributed by atoms with Gasteiger partial charge in [0, 0.05) is 43.4 Å². The summed E-state index contributed by atoms with van der Waals surface area (Å²) in [6.07, 6.45) is 0. The van der Waals surface area contributed by atoms with E-state index in [0.29, 0.717) is 43.3 Å². The van der Waals surface area contributed by atoms with Gasteiger partial charge in [-0.1, -0.05) is 17.7 Å². The van der Waals surface area contributed by atoms with Crippen molar-refractivity contribution in [1.29, 1.82) is 0 Å². The van der Waals surface area contributed by atoms with Crippen LogP contribution in [0, 0.1) is 5.82 Å². The van der Waals surface area contributed by atoms with Gasteiger partial charge in [0.15, 0.2) is 0 Å². The highest BCUT2D eigenvalue weighted by molar-refractivity contribution is 6.41. The van der Waals surface area contributed by atoms with Crippen molar-refractivity contribution in [2.24, 2.45) is 0 Å². The third-order valence-electron chi connectivity index (χ3n) is 5.51. The number of hydrogen-bond donors (Lipinski definition) is 0. The Balaban J connectivity index is 1.54. The first-order chi connectivity index (χ1) is 15.0. The molecule has 2 aliphatic heterocycles. The Hall–Kier alpha value is -2.84. The molecule has 2 aromatic rings. The largest absolute Gasteiger partial charge is 0.495 e. The summed E-state index contributed by atoms with van der Waals surface area (Å²) in [4.78, 5) is 30.9. The SMILES string of the molecule is COc1ccc(N2CCOCC2)cc1N1CCN(Cc2ccc(F)cc2Cl)C(=O)C1=O. The lowest BCUT2D eigenvalue weighted by molar-refractivity contribution is -0.146. The summed E-state index contributed by atoms with van der Waals surface area (Å²) in [6, 6.07) is 9.63. The van der Waals surface area contributed by atoms with E-state index in [1.54, 1.807) is 0 Å². The van der Waals surface area contributed by atoms with Crippen molar-refractivity contribution in [2.45, 2.75) is 6.54 Å². The second-order valence-corrected chi connectivity index (χ2v) is 7.78. The highest BCUT2D eigenvalue weighted by atomic mass is 35.5. The molecule has 31 heavy (non-hydrogen) atoms. The number of rotatable bonds is 5. The minimum Gasteiger partial charge on any atom is -0.495 e. The van der Waals surface area contributed by atoms with Crippen LogP contribution in [0.1, 0.15) is 5.56 Å². The lowest BCUT2D eigenvalue weighted by Gasteiger charge is -2.35. The molecule has 2 aromatic carbocycles. The molecule has 2 amide bonds. The van der Waals surface area contributed by atoms with E-state index in [9.17, 15) is 14.0 Å². The molecule has 0 spiro atoms. The van der Waals surface area contributed by atoms with E-state index in [-0.39, 0.29) is 11.6 Å². The monoisotopic (exact) mass is 447 g/mol. The van der Waals surface area contributed by atoms with Crippen LogP contribution in [0.4, 0.5) is 15.8 Å². The summed E-state index contributed by atoms with van der Waals surface area (Å²) in [5.74, 6) is -1.20. The summed E-state index contributed by atoms with van der Waals surface area (Å²) >= 11 is 6.08. The molecule has 0 N–H and O–H groups in total. The number of carbonyl (C=O) groups is 2. The number of methoxy groups -OCH3 is 1. The summed E-state index contributed by atoms with van der Waals surface area (Å²) in [6.45, 7) is 3.57. The van der Waals surface area contributed by atoms with Gasteiger partial charge in [0.05, 0.1) is 26.0 Å². The van der Waals surface area contributed by atoms with Gasteiger partial charge in [-0.25, -0.2) is 4.39 Å². The maximum Gasteiger partial charge on any atom is 0.316 e. The average Bonchev–Trinajstić information content (AvgIpc) is 2.79. The van der Waals surface area contributed by atoms with Crippen molar-refractivity contribution in [3.8, 4) is 5.75 Å². The van der Waals surface area contributed by atoms with Crippen LogP contribution in [-0.4, -0.2) is 63.2 Å². The third kappa shape index (κ3) is 4.45. The number of anilines is 2. The number of piperazine rings is 1. The van der Waals surface area contributed by atoms with Gasteiger partial charge in [-0.05, 0) is 35.9 Å². The highest BCUT2D eigenvalue weighted by Crippen LogP contribution is 2.34. The van der Waals surface area contributed by atoms with Crippen molar-refractivity contribution in [2.75, 3.05) is 56.3 Å². The van der Waals surface area contributed by atoms with Gasteiger partial charge in [-0.15, -0.1) is 0 Å². The van der Waals surface area contributed by atoms with E-state index in [2.05, 4.69) is 4.90 Å². The Bertz CT molecular complexity index is 997. The van der Waals surface area contributed by atoms with Crippen LogP contribution in [0.25, 0.3) is 0 Å². The number of nitrogens with zero attached hydrogens (tertiary/aromatic N) is 3. The van der Waals surface area contributed by atoms with Gasteiger partial charge in [-0.2, -0.15) is 0 Å². The first-order valence-electron chi connectivity index (χ1n) is 10.0. The molecule has 7 nitrogen and oxygen atoms in total. The zero-order valence-corrected chi connectivity index (χ0v) is 17.9. The fourth-order valence-electron chi connectivity index (χ4n) is 3.82. The molecule has 9 heteroatoms. The predicted molar refractivity (Wildman–Crippen MR) is 115 cm³/mol. The highest BCUT2D eigenvalue weighted by Gasteiger charge is 2.35. The molecule has 0 saturated carbocycles. The van der Waals surface area contributed by atoms with E-state index in [1.165, 1.54) is 35.1 Å². The van der Waals surface area contributed by atoms with Gasteiger partial charge in [-0.3, -0.25) is 14.5 Å². The molecule has 0 unspecified atom stereocenters. The van der Waals surface area contributed by atoms with E-state index in [0.717, 1.165) is 18.8 Å². The molecule has 2 heterocycles. The molecule has 2 fully saturated rings. The third-order valence-corrected chi connectivity index (χ3v) is 5.87. The standard InChI is InChI=1S/C22H23ClFN3O4/c1-30-20-5-4-17(25-8-10-31-11-9-25)13-19(20)27-7-6-26(21(28)22(27)29)14-15-2-3-16(24)12-18(15)23/h2-5,12-13H,6-11,14H2,1H3. The summed E-state index contributed by atoms with van der Waals surface area (Å²) < 4.78 is 24.2. The van der Waals surface area contributed by atoms with Crippen LogP contribution in [0.3, 0.4) is 0 Å². The van der Waals surface area contributed by atoms with Crippen molar-refractivity contribution in [3.05, 3.63) is 52.8 Å². The molecule has 2 aliphatic rings. The second kappa shape index (κ2) is 9.11. The lowest BCUT2D eigenvalue weighted by Crippen LogP contribution is -2.54. The first kappa shape index (κ1) is 21.4. The number of hydrogen-bond acceptors (Lipinski definition) is 5. The normalized spacial score (nSPS) is 17.3. The second-order valence-electron chi connectivity index (χ2n) is 7.37. The number of ether oxygens (including phenoxy) is 2. The Kier molecular flexibility index (Phi) is 6.29. The van der Waals surface area contributed by atoms with E-state index < -0.39 is 17.6 Å². The Morgan fingerprint density at radius 3 is 2.52 bits per heavy atom. The molecule has 0 aliphatic carbocycles. The predicted octanol–water partition coefficient (Wildman–Crippen LogP) is 2.70. The van der Waals surface area contributed by atoms with Gasteiger partial charge < -0.3 is 19.3 Å². The molecule has 2 saturated heterocycles. The molecule has 0 aromatic heterocycles. The zero-order valence-electron chi connectivity index (χ0n) is 17.1. The fourth-order valence-corrected chi connectivity index (χ4v) is 4.05. The molecule has 0 bridgehead atoms. The quantitative estimate of drug-likeness (QED) is 0.659. The number of carbonyl (C=O) groups excluding carboxylic acids is 2. The number of benzene rings is 2. The van der Waals surface area contributed by atoms with Crippen molar-refractivity contribution >= 4 is 34.8 Å². The van der Waals surface area contributed by atoms with Gasteiger partial charge in [0.25, 0.3) is 0 Å². The van der Waals surface area contributed by atoms with Gasteiger partial charge >= 0.3 is 11.8 Å². The topological polar surface area (TPSA) is 62.3 Å². The molecule has 0 atom stereocenters. The number of halogens is 2. The van der Waals surface area contributed by atoms with Crippen LogP contribution in [0.2, 0.25) is 5.02 Å². The van der Waals surface area contributed by atoms with E-state index in [4.69, 9.17) is 21.1 Å². The van der Waals surface area contributed by atoms with Gasteiger partial charge in [0.1, 0.15) is 11.6 Å². The van der Waals surface area contributed by atoms with E-state index in [1.807, 2.05) is 18.2 Å². The number of morpholine rings is 1. The molecule has 4 rings (SSSR count). The maximum atomic E-state index is 13.3. The van der Waals surface area contributed by atoms with Crippen LogP contribution in [0.5, 0.6) is 5.75 Å². The average molecular weight is 448 g/mol. The van der Waals surface area contributed by atoms with Gasteiger partial charge in [0.2, 0.25) is 0 Å². The van der Waals surface area contributed by atoms with Crippen molar-refractivity contribution in [1.82, 2.24) is 4.90 Å². The summed E-state index contributed by atoms with van der Waals surface area (Å²) in [7, 11) is 1.53. The zero-order chi connectivity index (χ0) is 22.0. The van der Waals surface area contributed by atoms with Crippen LogP contribution in [0.15, 0.2) is 36.4 Å². The molecular formula is C22H23ClFN3O4. The smallest absolute Gasteiger partial charge is 0.316 e. The van der Waals surface area contributed by atoms with Crippen LogP contribution < -0.4 is 14.5 Å². The fraction of sp³-hybridized carbons (Fsp3) is 0.364. The van der Waals surface area contributed by atoms with Crippen molar-refractivity contribution < 1.29 is 23.5 Å². The molecule has 164 valence electrons. The lowest BCUT2D eigenvalue weighted by atomic mass is 10.1. The Morgan fingerprint density at radius 1 is 1.03 bits per heavy atom. The Morgan fingerprint density at radius 2 is 1.81 bits per heavy atom. The van der Waals surface area contributed by atoms with Crippen LogP contribution in [-0.2, 0) is 20.9 Å². The van der Waals surface area contributed by atoms with E-state index >= 15 is 0 Å². The molecular weight excluding hydrogens is 425 g/mol. The summed E-state index contributed by atoms with van der Waals surface area (Å²) in [5, 5.41) is 0.225. The summed E-state index contributed by atoms with van der Waals surface area (Å²) in [5.41, 5.74) is 2.09. The number of amides is 2. The van der Waals surface area contributed by atoms with Crippen LogP contribution >= 0.6 is 11.6 Å². The molecule has 0 radical (unpaired) electrons. The Labute approximate surface area is 184 Å². The first-order valence-corrected chi connectivity index (χ1v) is 10.4. The minimum atomic E-state index is -0.637.